The van der Waals surface area contributed by atoms with E-state index in [9.17, 15) is 5.11 Å². The van der Waals surface area contributed by atoms with Crippen LogP contribution in [-0.4, -0.2) is 11.7 Å². The number of aryl methyl sites for hydroxylation is 1. The summed E-state index contributed by atoms with van der Waals surface area (Å²) in [5.41, 5.74) is 2.27. The van der Waals surface area contributed by atoms with Gasteiger partial charge in [0.2, 0.25) is 0 Å². The molecule has 0 saturated carbocycles. The first-order chi connectivity index (χ1) is 6.77. The lowest BCUT2D eigenvalue weighted by Crippen LogP contribution is -2.26. The maximum absolute atomic E-state index is 9.75. The number of phenolic OH excluding ortho intramolecular Hbond substituents is 1. The molecule has 76 valence electrons. The van der Waals surface area contributed by atoms with Gasteiger partial charge in [0.25, 0.3) is 0 Å². The summed E-state index contributed by atoms with van der Waals surface area (Å²) < 4.78 is 0. The van der Waals surface area contributed by atoms with E-state index in [4.69, 9.17) is 0 Å². The number of hydrogen-bond donors (Lipinski definition) is 2. The Morgan fingerprint density at radius 1 is 1.36 bits per heavy atom. The van der Waals surface area contributed by atoms with Crippen LogP contribution in [0.3, 0.4) is 0 Å². The molecule has 1 unspecified atom stereocenters. The van der Waals surface area contributed by atoms with Gasteiger partial charge in [0.1, 0.15) is 5.75 Å². The van der Waals surface area contributed by atoms with Crippen LogP contribution in [0.4, 0.5) is 0 Å². The van der Waals surface area contributed by atoms with Crippen LogP contribution < -0.4 is 5.32 Å². The van der Waals surface area contributed by atoms with E-state index in [-0.39, 0.29) is 0 Å². The predicted molar refractivity (Wildman–Crippen MR) is 57.4 cm³/mol. The highest BCUT2D eigenvalue weighted by Gasteiger charge is 2.17. The van der Waals surface area contributed by atoms with E-state index in [2.05, 4.69) is 18.3 Å². The fourth-order valence-corrected chi connectivity index (χ4v) is 2.07. The standard InChI is InChI=1S/C12H17NO/c1-9-5-6-12(14)10(8-9)11-4-2-3-7-13-11/h5-6,8,11,13-14H,2-4,7H2,1H3. The number of hydrogen-bond acceptors (Lipinski definition) is 2. The minimum absolute atomic E-state index is 0.351. The van der Waals surface area contributed by atoms with Crippen molar-refractivity contribution in [2.75, 3.05) is 6.54 Å². The number of piperidine rings is 1. The lowest BCUT2D eigenvalue weighted by atomic mass is 9.95. The molecule has 2 rings (SSSR count). The molecule has 1 aromatic carbocycles. The van der Waals surface area contributed by atoms with Gasteiger partial charge in [-0.1, -0.05) is 24.1 Å². The Balaban J connectivity index is 2.24. The fraction of sp³-hybridized carbons (Fsp3) is 0.500. The van der Waals surface area contributed by atoms with Crippen molar-refractivity contribution in [3.8, 4) is 5.75 Å². The van der Waals surface area contributed by atoms with E-state index < -0.39 is 0 Å². The molecule has 1 saturated heterocycles. The van der Waals surface area contributed by atoms with Gasteiger partial charge in [-0.15, -0.1) is 0 Å². The third-order valence-corrected chi connectivity index (χ3v) is 2.87. The van der Waals surface area contributed by atoms with Crippen molar-refractivity contribution in [2.45, 2.75) is 32.2 Å². The third kappa shape index (κ3) is 1.90. The van der Waals surface area contributed by atoms with E-state index in [0.717, 1.165) is 18.5 Å². The number of rotatable bonds is 1. The molecule has 1 heterocycles. The van der Waals surface area contributed by atoms with Crippen molar-refractivity contribution in [1.82, 2.24) is 5.32 Å². The van der Waals surface area contributed by atoms with Gasteiger partial charge >= 0.3 is 0 Å². The fourth-order valence-electron chi connectivity index (χ4n) is 2.07. The van der Waals surface area contributed by atoms with E-state index in [1.54, 1.807) is 6.07 Å². The van der Waals surface area contributed by atoms with Crippen molar-refractivity contribution in [3.63, 3.8) is 0 Å². The van der Waals surface area contributed by atoms with Crippen molar-refractivity contribution < 1.29 is 5.11 Å². The number of nitrogens with one attached hydrogen (secondary N) is 1. The lowest BCUT2D eigenvalue weighted by molar-refractivity contribution is 0.391. The summed E-state index contributed by atoms with van der Waals surface area (Å²) in [6.45, 7) is 3.13. The highest BCUT2D eigenvalue weighted by molar-refractivity contribution is 5.38. The smallest absolute Gasteiger partial charge is 0.120 e. The summed E-state index contributed by atoms with van der Waals surface area (Å²) in [4.78, 5) is 0. The molecular formula is C12H17NO. The SMILES string of the molecule is Cc1ccc(O)c(C2CCCCN2)c1. The molecule has 0 spiro atoms. The van der Waals surface area contributed by atoms with Gasteiger partial charge in [0.15, 0.2) is 0 Å². The van der Waals surface area contributed by atoms with Crippen LogP contribution in [-0.2, 0) is 0 Å². The molecule has 1 aromatic rings. The van der Waals surface area contributed by atoms with Crippen LogP contribution in [0.25, 0.3) is 0 Å². The molecule has 14 heavy (non-hydrogen) atoms. The highest BCUT2D eigenvalue weighted by atomic mass is 16.3. The quantitative estimate of drug-likeness (QED) is 0.715. The minimum Gasteiger partial charge on any atom is -0.508 e. The monoisotopic (exact) mass is 191 g/mol. The summed E-state index contributed by atoms with van der Waals surface area (Å²) in [5.74, 6) is 0.426. The van der Waals surface area contributed by atoms with E-state index >= 15 is 0 Å². The van der Waals surface area contributed by atoms with Crippen LogP contribution >= 0.6 is 0 Å². The van der Waals surface area contributed by atoms with Crippen LogP contribution in [0.2, 0.25) is 0 Å². The Labute approximate surface area is 85.0 Å². The number of benzene rings is 1. The largest absolute Gasteiger partial charge is 0.508 e. The summed E-state index contributed by atoms with van der Waals surface area (Å²) in [6.07, 6.45) is 3.64. The van der Waals surface area contributed by atoms with Gasteiger partial charge in [0.05, 0.1) is 0 Å². The summed E-state index contributed by atoms with van der Waals surface area (Å²) >= 11 is 0. The van der Waals surface area contributed by atoms with Gasteiger partial charge in [0, 0.05) is 11.6 Å². The minimum atomic E-state index is 0.351. The zero-order chi connectivity index (χ0) is 9.97. The normalized spacial score (nSPS) is 22.2. The van der Waals surface area contributed by atoms with Gasteiger partial charge < -0.3 is 10.4 Å². The molecule has 0 aliphatic carbocycles. The molecule has 0 bridgehead atoms. The summed E-state index contributed by atoms with van der Waals surface area (Å²) in [7, 11) is 0. The van der Waals surface area contributed by atoms with Crippen LogP contribution in [0.5, 0.6) is 5.75 Å². The van der Waals surface area contributed by atoms with Crippen molar-refractivity contribution in [2.24, 2.45) is 0 Å². The van der Waals surface area contributed by atoms with Crippen LogP contribution in [0.15, 0.2) is 18.2 Å². The van der Waals surface area contributed by atoms with E-state index in [1.807, 2.05) is 6.07 Å². The molecule has 2 N–H and O–H groups in total. The van der Waals surface area contributed by atoms with Crippen molar-refractivity contribution in [1.29, 1.82) is 0 Å². The Kier molecular flexibility index (Phi) is 2.73. The Morgan fingerprint density at radius 2 is 2.21 bits per heavy atom. The van der Waals surface area contributed by atoms with Crippen LogP contribution in [0.1, 0.15) is 36.4 Å². The molecule has 0 amide bonds. The molecule has 0 aromatic heterocycles. The molecule has 1 atom stereocenters. The van der Waals surface area contributed by atoms with Gasteiger partial charge in [-0.3, -0.25) is 0 Å². The maximum atomic E-state index is 9.75. The second-order valence-electron chi connectivity index (χ2n) is 4.06. The third-order valence-electron chi connectivity index (χ3n) is 2.87. The zero-order valence-corrected chi connectivity index (χ0v) is 8.59. The first-order valence-corrected chi connectivity index (χ1v) is 5.30. The van der Waals surface area contributed by atoms with Crippen molar-refractivity contribution in [3.05, 3.63) is 29.3 Å². The molecule has 1 fully saturated rings. The van der Waals surface area contributed by atoms with E-state index in [0.29, 0.717) is 11.8 Å². The number of phenols is 1. The molecule has 2 heteroatoms. The molecule has 0 radical (unpaired) electrons. The molecule has 2 nitrogen and oxygen atoms in total. The highest BCUT2D eigenvalue weighted by Crippen LogP contribution is 2.30. The second kappa shape index (κ2) is 4.01. The molecule has 1 aliphatic heterocycles. The number of aromatic hydroxyl groups is 1. The Morgan fingerprint density at radius 3 is 2.93 bits per heavy atom. The average Bonchev–Trinajstić information content (AvgIpc) is 2.23. The first-order valence-electron chi connectivity index (χ1n) is 5.30. The topological polar surface area (TPSA) is 32.3 Å². The lowest BCUT2D eigenvalue weighted by Gasteiger charge is -2.24. The van der Waals surface area contributed by atoms with Gasteiger partial charge in [-0.25, -0.2) is 0 Å². The predicted octanol–water partition coefficient (Wildman–Crippen LogP) is 2.52. The molecular weight excluding hydrogens is 174 g/mol. The second-order valence-corrected chi connectivity index (χ2v) is 4.06. The van der Waals surface area contributed by atoms with Crippen molar-refractivity contribution >= 4 is 0 Å². The Bertz CT molecular complexity index is 316. The molecule has 1 aliphatic rings. The van der Waals surface area contributed by atoms with E-state index in [1.165, 1.54) is 18.4 Å². The summed E-state index contributed by atoms with van der Waals surface area (Å²) in [6, 6.07) is 6.17. The Hall–Kier alpha value is -1.02. The zero-order valence-electron chi connectivity index (χ0n) is 8.59. The van der Waals surface area contributed by atoms with Gasteiger partial charge in [-0.05, 0) is 32.4 Å². The van der Waals surface area contributed by atoms with Crippen LogP contribution in [0, 0.1) is 6.92 Å². The summed E-state index contributed by atoms with van der Waals surface area (Å²) in [5, 5.41) is 13.2. The maximum Gasteiger partial charge on any atom is 0.120 e. The van der Waals surface area contributed by atoms with Gasteiger partial charge in [-0.2, -0.15) is 0 Å². The average molecular weight is 191 g/mol. The first kappa shape index (κ1) is 9.53.